The molecule has 0 N–H and O–H groups in total. The van der Waals surface area contributed by atoms with E-state index in [1.165, 1.54) is 6.08 Å². The number of hydrogen-bond acceptors (Lipinski definition) is 2. The molecule has 0 aliphatic carbocycles. The van der Waals surface area contributed by atoms with E-state index >= 15 is 0 Å². The zero-order chi connectivity index (χ0) is 13.1. The molecular weight excluding hydrogens is 271 g/mol. The maximum Gasteiger partial charge on any atom is 0.187 e. The molecule has 2 rings (SSSR count). The van der Waals surface area contributed by atoms with Crippen LogP contribution in [0.3, 0.4) is 0 Å². The lowest BCUT2D eigenvalue weighted by molar-refractivity contribution is 0.104. The molecule has 0 bridgehead atoms. The third kappa shape index (κ3) is 3.03. The largest absolute Gasteiger partial charge is 0.462 e. The summed E-state index contributed by atoms with van der Waals surface area (Å²) < 4.78 is 5.33. The Morgan fingerprint density at radius 3 is 2.61 bits per heavy atom. The fourth-order valence-electron chi connectivity index (χ4n) is 1.48. The second-order valence-electron chi connectivity index (χ2n) is 3.77. The van der Waals surface area contributed by atoms with Crippen molar-refractivity contribution in [2.45, 2.75) is 6.92 Å². The minimum Gasteiger partial charge on any atom is -0.462 e. The molecule has 0 unspecified atom stereocenters. The van der Waals surface area contributed by atoms with Gasteiger partial charge in [0, 0.05) is 10.6 Å². The zero-order valence-electron chi connectivity index (χ0n) is 9.61. The lowest BCUT2D eigenvalue weighted by atomic mass is 10.1. The van der Waals surface area contributed by atoms with Crippen LogP contribution < -0.4 is 0 Å². The predicted octanol–water partition coefficient (Wildman–Crippen LogP) is 4.79. The smallest absolute Gasteiger partial charge is 0.187 e. The molecule has 0 aliphatic rings. The number of carbonyl (C=O) groups excluding carboxylic acids is 1. The highest BCUT2D eigenvalue weighted by Crippen LogP contribution is 2.22. The van der Waals surface area contributed by atoms with Crippen molar-refractivity contribution < 1.29 is 9.21 Å². The number of rotatable bonds is 3. The normalized spacial score (nSPS) is 11.1. The van der Waals surface area contributed by atoms with Gasteiger partial charge in [-0.1, -0.05) is 23.2 Å². The highest BCUT2D eigenvalue weighted by Gasteiger charge is 2.07. The minimum atomic E-state index is -0.189. The highest BCUT2D eigenvalue weighted by molar-refractivity contribution is 6.37. The topological polar surface area (TPSA) is 30.2 Å². The van der Waals surface area contributed by atoms with Gasteiger partial charge in [0.15, 0.2) is 5.78 Å². The number of hydrogen-bond donors (Lipinski definition) is 0. The standard InChI is InChI=1S/C14H10Cl2O2/c1-9-2-4-11(18-9)5-7-14(17)12-6-3-10(15)8-13(12)16/h2-8H,1H3/b7-5+. The Balaban J connectivity index is 2.19. The van der Waals surface area contributed by atoms with E-state index in [4.69, 9.17) is 27.6 Å². The first-order valence-corrected chi connectivity index (χ1v) is 6.06. The van der Waals surface area contributed by atoms with E-state index in [1.54, 1.807) is 30.3 Å². The van der Waals surface area contributed by atoms with Gasteiger partial charge in [-0.25, -0.2) is 0 Å². The first-order chi connectivity index (χ1) is 8.56. The molecule has 4 heteroatoms. The number of allylic oxidation sites excluding steroid dienone is 1. The third-order valence-corrected chi connectivity index (χ3v) is 2.90. The molecule has 18 heavy (non-hydrogen) atoms. The van der Waals surface area contributed by atoms with Crippen LogP contribution in [0, 0.1) is 6.92 Å². The van der Waals surface area contributed by atoms with Gasteiger partial charge in [-0.2, -0.15) is 0 Å². The summed E-state index contributed by atoms with van der Waals surface area (Å²) in [5.41, 5.74) is 0.417. The summed E-state index contributed by atoms with van der Waals surface area (Å²) in [4.78, 5) is 11.9. The van der Waals surface area contributed by atoms with E-state index in [0.717, 1.165) is 5.76 Å². The highest BCUT2D eigenvalue weighted by atomic mass is 35.5. The minimum absolute atomic E-state index is 0.189. The molecule has 1 heterocycles. The average Bonchev–Trinajstić information content (AvgIpc) is 2.72. The molecule has 1 aromatic heterocycles. The van der Waals surface area contributed by atoms with Gasteiger partial charge in [0.2, 0.25) is 0 Å². The Hall–Kier alpha value is -1.51. The molecule has 2 aromatic rings. The molecule has 2 nitrogen and oxygen atoms in total. The summed E-state index contributed by atoms with van der Waals surface area (Å²) in [6, 6.07) is 8.40. The zero-order valence-corrected chi connectivity index (χ0v) is 11.1. The van der Waals surface area contributed by atoms with Gasteiger partial charge < -0.3 is 4.42 Å². The molecule has 0 atom stereocenters. The van der Waals surface area contributed by atoms with Crippen molar-refractivity contribution in [1.29, 1.82) is 0 Å². The van der Waals surface area contributed by atoms with Gasteiger partial charge in [0.05, 0.1) is 5.02 Å². The van der Waals surface area contributed by atoms with Crippen molar-refractivity contribution in [2.75, 3.05) is 0 Å². The maximum absolute atomic E-state index is 11.9. The van der Waals surface area contributed by atoms with Crippen molar-refractivity contribution in [3.63, 3.8) is 0 Å². The van der Waals surface area contributed by atoms with Gasteiger partial charge >= 0.3 is 0 Å². The van der Waals surface area contributed by atoms with Crippen molar-refractivity contribution in [2.24, 2.45) is 0 Å². The van der Waals surface area contributed by atoms with Crippen LogP contribution in [0.4, 0.5) is 0 Å². The van der Waals surface area contributed by atoms with Crippen LogP contribution in [0.5, 0.6) is 0 Å². The SMILES string of the molecule is Cc1ccc(/C=C/C(=O)c2ccc(Cl)cc2Cl)o1. The van der Waals surface area contributed by atoms with Crippen LogP contribution in [0.2, 0.25) is 10.0 Å². The Morgan fingerprint density at radius 2 is 2.00 bits per heavy atom. The van der Waals surface area contributed by atoms with Gasteiger partial charge in [-0.15, -0.1) is 0 Å². The van der Waals surface area contributed by atoms with Crippen LogP contribution >= 0.6 is 23.2 Å². The van der Waals surface area contributed by atoms with Crippen molar-refractivity contribution >= 4 is 35.1 Å². The Kier molecular flexibility index (Phi) is 3.90. The van der Waals surface area contributed by atoms with Gasteiger partial charge in [-0.05, 0) is 49.4 Å². The maximum atomic E-state index is 11.9. The number of halogens is 2. The molecule has 92 valence electrons. The van der Waals surface area contributed by atoms with E-state index in [-0.39, 0.29) is 5.78 Å². The number of ketones is 1. The van der Waals surface area contributed by atoms with Crippen LogP contribution in [0.15, 0.2) is 40.8 Å². The summed E-state index contributed by atoms with van der Waals surface area (Å²) in [7, 11) is 0. The van der Waals surface area contributed by atoms with Crippen molar-refractivity contribution in [3.8, 4) is 0 Å². The Bertz CT molecular complexity index is 612. The van der Waals surface area contributed by atoms with Gasteiger partial charge in [0.25, 0.3) is 0 Å². The molecule has 0 spiro atoms. The van der Waals surface area contributed by atoms with E-state index < -0.39 is 0 Å². The van der Waals surface area contributed by atoms with Gasteiger partial charge in [0.1, 0.15) is 11.5 Å². The molecule has 0 fully saturated rings. The van der Waals surface area contributed by atoms with Crippen molar-refractivity contribution in [1.82, 2.24) is 0 Å². The third-order valence-electron chi connectivity index (χ3n) is 2.36. The summed E-state index contributed by atoms with van der Waals surface area (Å²) in [5.74, 6) is 1.24. The van der Waals surface area contributed by atoms with Crippen molar-refractivity contribution in [3.05, 3.63) is 63.5 Å². The fourth-order valence-corrected chi connectivity index (χ4v) is 1.98. The predicted molar refractivity (Wildman–Crippen MR) is 73.3 cm³/mol. The Labute approximate surface area is 115 Å². The summed E-state index contributed by atoms with van der Waals surface area (Å²) in [6.07, 6.45) is 3.04. The molecule has 0 saturated heterocycles. The summed E-state index contributed by atoms with van der Waals surface area (Å²) in [5, 5.41) is 0.843. The molecular formula is C14H10Cl2O2. The Morgan fingerprint density at radius 1 is 1.22 bits per heavy atom. The lowest BCUT2D eigenvalue weighted by Crippen LogP contribution is -1.94. The fraction of sp³-hybridized carbons (Fsp3) is 0.0714. The molecule has 1 aromatic carbocycles. The second-order valence-corrected chi connectivity index (χ2v) is 4.61. The quantitative estimate of drug-likeness (QED) is 0.598. The number of furan rings is 1. The molecule has 0 saturated carbocycles. The molecule has 0 aliphatic heterocycles. The second kappa shape index (κ2) is 5.42. The lowest BCUT2D eigenvalue weighted by Gasteiger charge is -1.99. The molecule has 0 amide bonds. The first-order valence-electron chi connectivity index (χ1n) is 5.30. The molecule has 0 radical (unpaired) electrons. The van der Waals surface area contributed by atoms with Gasteiger partial charge in [-0.3, -0.25) is 4.79 Å². The number of carbonyl (C=O) groups is 1. The van der Waals surface area contributed by atoms with E-state index in [0.29, 0.717) is 21.4 Å². The van der Waals surface area contributed by atoms with E-state index in [9.17, 15) is 4.79 Å². The summed E-state index contributed by atoms with van der Waals surface area (Å²) in [6.45, 7) is 1.84. The van der Waals surface area contributed by atoms with Crippen LogP contribution in [0.1, 0.15) is 21.9 Å². The van der Waals surface area contributed by atoms with Crippen LogP contribution in [-0.2, 0) is 0 Å². The number of aryl methyl sites for hydroxylation is 1. The van der Waals surface area contributed by atoms with Crippen LogP contribution in [0.25, 0.3) is 6.08 Å². The van der Waals surface area contributed by atoms with E-state index in [1.807, 2.05) is 13.0 Å². The van der Waals surface area contributed by atoms with Crippen LogP contribution in [-0.4, -0.2) is 5.78 Å². The monoisotopic (exact) mass is 280 g/mol. The van der Waals surface area contributed by atoms with E-state index in [2.05, 4.69) is 0 Å². The number of benzene rings is 1. The average molecular weight is 281 g/mol. The first kappa shape index (κ1) is 12.9. The summed E-state index contributed by atoms with van der Waals surface area (Å²) >= 11 is 11.7.